The minimum absolute atomic E-state index is 0.0471. The predicted octanol–water partition coefficient (Wildman–Crippen LogP) is -0.740. The van der Waals surface area contributed by atoms with E-state index in [-0.39, 0.29) is 17.9 Å². The average Bonchev–Trinajstić information content (AvgIpc) is 2.07. The molecule has 0 fully saturated rings. The maximum atomic E-state index is 11.3. The normalized spacial score (nSPS) is 11.5. The van der Waals surface area contributed by atoms with Crippen LogP contribution < -0.4 is 11.3 Å². The van der Waals surface area contributed by atoms with Crippen molar-refractivity contribution in [2.24, 2.45) is 0 Å². The second-order valence-electron chi connectivity index (χ2n) is 3.33. The van der Waals surface area contributed by atoms with Crippen molar-refractivity contribution in [3.8, 4) is 0 Å². The lowest BCUT2D eigenvalue weighted by atomic mass is 10.4. The third-order valence-corrected chi connectivity index (χ3v) is 2.81. The minimum Gasteiger partial charge on any atom is -0.397 e. The van der Waals surface area contributed by atoms with E-state index in [0.29, 0.717) is 12.1 Å². The summed E-state index contributed by atoms with van der Waals surface area (Å²) in [5.41, 5.74) is 5.34. The van der Waals surface area contributed by atoms with Crippen LogP contribution in [0.2, 0.25) is 0 Å². The van der Waals surface area contributed by atoms with Crippen molar-refractivity contribution in [1.82, 2.24) is 9.78 Å². The van der Waals surface area contributed by atoms with E-state index in [4.69, 9.17) is 5.73 Å². The molecule has 1 rings (SSSR count). The summed E-state index contributed by atoms with van der Waals surface area (Å²) in [5.74, 6) is 0.0471. The largest absolute Gasteiger partial charge is 0.397 e. The summed E-state index contributed by atoms with van der Waals surface area (Å²) < 4.78 is 22.9. The molecule has 7 heteroatoms. The molecule has 0 aliphatic heterocycles. The Morgan fingerprint density at radius 1 is 1.53 bits per heavy atom. The summed E-state index contributed by atoms with van der Waals surface area (Å²) in [6.45, 7) is 0.284. The molecular formula is C8H13N3O3S. The second kappa shape index (κ2) is 4.43. The fraction of sp³-hybridized carbons (Fsp3) is 0.500. The maximum Gasteiger partial charge on any atom is 0.268 e. The molecular weight excluding hydrogens is 218 g/mol. The molecule has 1 aromatic heterocycles. The van der Waals surface area contributed by atoms with E-state index >= 15 is 0 Å². The van der Waals surface area contributed by atoms with Crippen molar-refractivity contribution in [1.29, 1.82) is 0 Å². The number of nitrogen functional groups attached to an aromatic ring is 1. The van der Waals surface area contributed by atoms with Gasteiger partial charge in [-0.05, 0) is 6.42 Å². The van der Waals surface area contributed by atoms with Crippen molar-refractivity contribution in [3.63, 3.8) is 0 Å². The van der Waals surface area contributed by atoms with Gasteiger partial charge in [-0.3, -0.25) is 4.79 Å². The molecule has 0 amide bonds. The van der Waals surface area contributed by atoms with Gasteiger partial charge in [0.1, 0.15) is 9.84 Å². The Hall–Kier alpha value is -1.37. The summed E-state index contributed by atoms with van der Waals surface area (Å²) in [6, 6.07) is 1.26. The molecule has 0 radical (unpaired) electrons. The minimum atomic E-state index is -2.98. The van der Waals surface area contributed by atoms with E-state index in [9.17, 15) is 13.2 Å². The van der Waals surface area contributed by atoms with Crippen LogP contribution in [0.25, 0.3) is 0 Å². The molecule has 0 aromatic carbocycles. The van der Waals surface area contributed by atoms with Crippen molar-refractivity contribution >= 4 is 15.5 Å². The van der Waals surface area contributed by atoms with Crippen LogP contribution in [-0.4, -0.2) is 30.2 Å². The SMILES string of the molecule is CS(=O)(=O)CCCn1ncc(N)cc1=O. The maximum absolute atomic E-state index is 11.3. The molecule has 0 atom stereocenters. The number of rotatable bonds is 4. The van der Waals surface area contributed by atoms with Gasteiger partial charge in [0.25, 0.3) is 5.56 Å². The average molecular weight is 231 g/mol. The predicted molar refractivity (Wildman–Crippen MR) is 57.2 cm³/mol. The van der Waals surface area contributed by atoms with E-state index in [1.807, 2.05) is 0 Å². The Balaban J connectivity index is 2.63. The zero-order valence-corrected chi connectivity index (χ0v) is 9.20. The van der Waals surface area contributed by atoms with Crippen molar-refractivity contribution in [2.45, 2.75) is 13.0 Å². The van der Waals surface area contributed by atoms with Gasteiger partial charge >= 0.3 is 0 Å². The molecule has 0 aliphatic rings. The summed E-state index contributed by atoms with van der Waals surface area (Å²) in [5, 5.41) is 3.78. The number of anilines is 1. The van der Waals surface area contributed by atoms with Crippen LogP contribution in [0.4, 0.5) is 5.69 Å². The third kappa shape index (κ3) is 4.11. The first-order valence-electron chi connectivity index (χ1n) is 4.39. The van der Waals surface area contributed by atoms with E-state index in [1.165, 1.54) is 16.9 Å². The number of nitrogens with zero attached hydrogens (tertiary/aromatic N) is 2. The summed E-state index contributed by atoms with van der Waals surface area (Å²) in [4.78, 5) is 11.3. The van der Waals surface area contributed by atoms with E-state index < -0.39 is 9.84 Å². The van der Waals surface area contributed by atoms with Gasteiger partial charge in [-0.1, -0.05) is 0 Å². The lowest BCUT2D eigenvalue weighted by Crippen LogP contribution is -2.23. The summed E-state index contributed by atoms with van der Waals surface area (Å²) >= 11 is 0. The van der Waals surface area contributed by atoms with Crippen LogP contribution in [0, 0.1) is 0 Å². The van der Waals surface area contributed by atoms with E-state index in [0.717, 1.165) is 6.26 Å². The molecule has 0 aliphatic carbocycles. The van der Waals surface area contributed by atoms with Gasteiger partial charge in [0, 0.05) is 18.9 Å². The van der Waals surface area contributed by atoms with Crippen LogP contribution in [0.1, 0.15) is 6.42 Å². The highest BCUT2D eigenvalue weighted by atomic mass is 32.2. The second-order valence-corrected chi connectivity index (χ2v) is 5.59. The molecule has 0 saturated heterocycles. The number of aromatic nitrogens is 2. The zero-order chi connectivity index (χ0) is 11.5. The Kier molecular flexibility index (Phi) is 3.46. The Labute approximate surface area is 87.6 Å². The van der Waals surface area contributed by atoms with Crippen LogP contribution in [0.15, 0.2) is 17.1 Å². The Morgan fingerprint density at radius 2 is 2.20 bits per heavy atom. The van der Waals surface area contributed by atoms with Crippen molar-refractivity contribution in [2.75, 3.05) is 17.7 Å². The monoisotopic (exact) mass is 231 g/mol. The Bertz CT molecular complexity index is 492. The third-order valence-electron chi connectivity index (χ3n) is 1.78. The fourth-order valence-corrected chi connectivity index (χ4v) is 1.75. The van der Waals surface area contributed by atoms with Crippen LogP contribution in [0.5, 0.6) is 0 Å². The standard InChI is InChI=1S/C8H13N3O3S/c1-15(13,14)4-2-3-11-8(12)5-7(9)6-10-11/h5-6H,2-4,9H2,1H3. The smallest absolute Gasteiger partial charge is 0.268 e. The summed E-state index contributed by atoms with van der Waals surface area (Å²) in [7, 11) is -2.98. The van der Waals surface area contributed by atoms with Crippen LogP contribution >= 0.6 is 0 Å². The molecule has 0 spiro atoms. The van der Waals surface area contributed by atoms with Gasteiger partial charge < -0.3 is 5.73 Å². The molecule has 1 heterocycles. The van der Waals surface area contributed by atoms with Gasteiger partial charge in [-0.2, -0.15) is 5.10 Å². The Morgan fingerprint density at radius 3 is 2.73 bits per heavy atom. The number of hydrogen-bond acceptors (Lipinski definition) is 5. The quantitative estimate of drug-likeness (QED) is 0.736. The fourth-order valence-electron chi connectivity index (χ4n) is 1.09. The first-order chi connectivity index (χ1) is 6.88. The highest BCUT2D eigenvalue weighted by molar-refractivity contribution is 7.90. The van der Waals surface area contributed by atoms with Crippen molar-refractivity contribution < 1.29 is 8.42 Å². The first-order valence-corrected chi connectivity index (χ1v) is 6.45. The van der Waals surface area contributed by atoms with Crippen LogP contribution in [0.3, 0.4) is 0 Å². The van der Waals surface area contributed by atoms with Crippen LogP contribution in [-0.2, 0) is 16.4 Å². The molecule has 84 valence electrons. The zero-order valence-electron chi connectivity index (χ0n) is 8.38. The number of nitrogens with two attached hydrogens (primary N) is 1. The van der Waals surface area contributed by atoms with Gasteiger partial charge in [0.05, 0.1) is 17.6 Å². The highest BCUT2D eigenvalue weighted by Crippen LogP contribution is 1.94. The topological polar surface area (TPSA) is 95.1 Å². The molecule has 0 bridgehead atoms. The van der Waals surface area contributed by atoms with Gasteiger partial charge in [0.2, 0.25) is 0 Å². The summed E-state index contributed by atoms with van der Waals surface area (Å²) in [6.07, 6.45) is 2.89. The highest BCUT2D eigenvalue weighted by Gasteiger charge is 2.03. The lowest BCUT2D eigenvalue weighted by molar-refractivity contribution is 0.557. The number of hydrogen-bond donors (Lipinski definition) is 1. The van der Waals surface area contributed by atoms with Gasteiger partial charge in [0.15, 0.2) is 0 Å². The van der Waals surface area contributed by atoms with E-state index in [2.05, 4.69) is 5.10 Å². The van der Waals surface area contributed by atoms with E-state index in [1.54, 1.807) is 0 Å². The number of sulfone groups is 1. The molecule has 15 heavy (non-hydrogen) atoms. The lowest BCUT2D eigenvalue weighted by Gasteiger charge is -2.03. The molecule has 2 N–H and O–H groups in total. The molecule has 1 aromatic rings. The van der Waals surface area contributed by atoms with Crippen molar-refractivity contribution in [3.05, 3.63) is 22.6 Å². The van der Waals surface area contributed by atoms with Gasteiger partial charge in [-0.25, -0.2) is 13.1 Å². The molecule has 0 unspecified atom stereocenters. The first kappa shape index (κ1) is 11.7. The molecule has 6 nitrogen and oxygen atoms in total. The number of aryl methyl sites for hydroxylation is 1. The van der Waals surface area contributed by atoms with Gasteiger partial charge in [-0.15, -0.1) is 0 Å². The molecule has 0 saturated carbocycles.